The van der Waals surface area contributed by atoms with Gasteiger partial charge in [-0.15, -0.1) is 0 Å². The lowest BCUT2D eigenvalue weighted by molar-refractivity contribution is -0.122. The summed E-state index contributed by atoms with van der Waals surface area (Å²) in [6, 6.07) is 8.76. The molecule has 0 radical (unpaired) electrons. The quantitative estimate of drug-likeness (QED) is 0.291. The van der Waals surface area contributed by atoms with E-state index < -0.39 is 46.7 Å². The van der Waals surface area contributed by atoms with Gasteiger partial charge in [-0.05, 0) is 54.6 Å². The molecule has 188 valence electrons. The van der Waals surface area contributed by atoms with Crippen molar-refractivity contribution in [3.05, 3.63) is 91.6 Å². The Bertz CT molecular complexity index is 1370. The molecule has 1 aliphatic heterocycles. The van der Waals surface area contributed by atoms with E-state index in [0.717, 1.165) is 0 Å². The van der Waals surface area contributed by atoms with Crippen LogP contribution in [0.25, 0.3) is 0 Å². The van der Waals surface area contributed by atoms with Crippen molar-refractivity contribution in [3.63, 3.8) is 0 Å². The largest absolute Gasteiger partial charge is 0.494 e. The van der Waals surface area contributed by atoms with Gasteiger partial charge in [0.1, 0.15) is 17.5 Å². The number of hydrogen-bond donors (Lipinski definition) is 1. The van der Waals surface area contributed by atoms with Crippen molar-refractivity contribution in [2.75, 3.05) is 12.0 Å². The van der Waals surface area contributed by atoms with E-state index in [1.165, 1.54) is 24.1 Å². The summed E-state index contributed by atoms with van der Waals surface area (Å²) in [7, 11) is 1.35. The minimum absolute atomic E-state index is 0.0431. The van der Waals surface area contributed by atoms with Crippen molar-refractivity contribution in [1.82, 2.24) is 5.32 Å². The van der Waals surface area contributed by atoms with Crippen LogP contribution in [-0.4, -0.2) is 18.9 Å². The molecule has 0 saturated heterocycles. The van der Waals surface area contributed by atoms with Gasteiger partial charge in [0, 0.05) is 44.5 Å². The van der Waals surface area contributed by atoms with Crippen molar-refractivity contribution >= 4 is 40.1 Å². The molecule has 0 saturated carbocycles. The number of ether oxygens (including phenoxy) is 1. The van der Waals surface area contributed by atoms with Crippen molar-refractivity contribution in [1.29, 1.82) is 0 Å². The molecule has 0 fully saturated rings. The van der Waals surface area contributed by atoms with E-state index in [9.17, 15) is 27.2 Å². The van der Waals surface area contributed by atoms with E-state index in [1.54, 1.807) is 32.0 Å². The fourth-order valence-corrected chi connectivity index (χ4v) is 5.57. The Morgan fingerprint density at radius 1 is 1.08 bits per heavy atom. The third-order valence-electron chi connectivity index (χ3n) is 6.15. The Balaban J connectivity index is 1.67. The monoisotopic (exact) mass is 612 g/mol. The molecule has 4 rings (SSSR count). The molecule has 0 unspecified atom stereocenters. The lowest BCUT2D eigenvalue weighted by Crippen LogP contribution is -2.36. The molecule has 1 heterocycles. The zero-order valence-electron chi connectivity index (χ0n) is 19.5. The number of amides is 2. The number of hydrogen-bond acceptors (Lipinski definition) is 3. The zero-order valence-corrected chi connectivity index (χ0v) is 21.7. The van der Waals surface area contributed by atoms with Crippen LogP contribution in [0, 0.1) is 26.8 Å². The van der Waals surface area contributed by atoms with Gasteiger partial charge in [0.25, 0.3) is 5.91 Å². The Labute approximate surface area is 218 Å². The molecule has 0 aliphatic carbocycles. The first-order chi connectivity index (χ1) is 16.9. The minimum Gasteiger partial charge on any atom is -0.494 e. The summed E-state index contributed by atoms with van der Waals surface area (Å²) in [5.74, 6) is -4.76. The molecular formula is C26H21F4IN2O3. The number of nitrogens with zero attached hydrogens (tertiary/aromatic N) is 1. The Hall–Kier alpha value is -3.15. The summed E-state index contributed by atoms with van der Waals surface area (Å²) in [5.41, 5.74) is 0.0801. The SMILES string of the molecule is COc1cccc(CN2C(=O)C(C)(C)c3c(I)cc(C(=O)NCc4c(F)cc(F)cc4F)cc32)c1F. The van der Waals surface area contributed by atoms with Gasteiger partial charge < -0.3 is 15.0 Å². The second kappa shape index (κ2) is 9.72. The van der Waals surface area contributed by atoms with E-state index in [4.69, 9.17) is 4.74 Å². The number of anilines is 1. The first-order valence-electron chi connectivity index (χ1n) is 10.8. The first kappa shape index (κ1) is 25.9. The van der Waals surface area contributed by atoms with E-state index in [-0.39, 0.29) is 29.3 Å². The highest BCUT2D eigenvalue weighted by Gasteiger charge is 2.46. The topological polar surface area (TPSA) is 58.6 Å². The van der Waals surface area contributed by atoms with Crippen LogP contribution in [0.5, 0.6) is 5.75 Å². The van der Waals surface area contributed by atoms with Crippen LogP contribution >= 0.6 is 22.6 Å². The molecule has 3 aromatic carbocycles. The van der Waals surface area contributed by atoms with Gasteiger partial charge in [-0.1, -0.05) is 12.1 Å². The highest BCUT2D eigenvalue weighted by Crippen LogP contribution is 2.45. The van der Waals surface area contributed by atoms with Gasteiger partial charge in [0.05, 0.1) is 24.8 Å². The summed E-state index contributed by atoms with van der Waals surface area (Å²) in [6.45, 7) is 2.90. The zero-order chi connectivity index (χ0) is 26.4. The maximum atomic E-state index is 14.8. The number of rotatable bonds is 6. The van der Waals surface area contributed by atoms with E-state index in [1.807, 2.05) is 22.6 Å². The molecule has 0 spiro atoms. The van der Waals surface area contributed by atoms with Gasteiger partial charge in [-0.25, -0.2) is 17.6 Å². The number of nitrogens with one attached hydrogen (secondary N) is 1. The number of carbonyl (C=O) groups is 2. The highest BCUT2D eigenvalue weighted by molar-refractivity contribution is 14.1. The van der Waals surface area contributed by atoms with E-state index >= 15 is 0 Å². The van der Waals surface area contributed by atoms with Crippen molar-refractivity contribution in [2.24, 2.45) is 0 Å². The van der Waals surface area contributed by atoms with Crippen LogP contribution in [0.2, 0.25) is 0 Å². The standard InChI is InChI=1S/C26H21F4IN2O3/c1-26(2)22-19(31)7-14(24(34)32-11-16-17(28)9-15(27)10-18(16)29)8-20(22)33(25(26)35)12-13-5-4-6-21(36-3)23(13)30/h4-10H,11-12H2,1-3H3,(H,32,34). The lowest BCUT2D eigenvalue weighted by Gasteiger charge is -2.21. The average molecular weight is 612 g/mol. The van der Waals surface area contributed by atoms with Crippen molar-refractivity contribution < 1.29 is 31.9 Å². The second-order valence-corrected chi connectivity index (χ2v) is 9.99. The van der Waals surface area contributed by atoms with Crippen LogP contribution in [0.4, 0.5) is 23.2 Å². The third-order valence-corrected chi connectivity index (χ3v) is 7.00. The molecule has 2 amide bonds. The number of benzene rings is 3. The maximum Gasteiger partial charge on any atom is 0.251 e. The van der Waals surface area contributed by atoms with Crippen LogP contribution in [0.3, 0.4) is 0 Å². The summed E-state index contributed by atoms with van der Waals surface area (Å²) in [4.78, 5) is 27.7. The summed E-state index contributed by atoms with van der Waals surface area (Å²) in [6.07, 6.45) is 0. The molecular weight excluding hydrogens is 591 g/mol. The van der Waals surface area contributed by atoms with Crippen LogP contribution in [-0.2, 0) is 23.3 Å². The predicted molar refractivity (Wildman–Crippen MR) is 134 cm³/mol. The molecule has 0 atom stereocenters. The molecule has 0 aromatic heterocycles. The van der Waals surface area contributed by atoms with E-state index in [2.05, 4.69) is 5.32 Å². The van der Waals surface area contributed by atoms with Crippen LogP contribution in [0.15, 0.2) is 42.5 Å². The number of fused-ring (bicyclic) bond motifs is 1. The Morgan fingerprint density at radius 2 is 1.75 bits per heavy atom. The summed E-state index contributed by atoms with van der Waals surface area (Å²) in [5, 5.41) is 2.43. The molecule has 5 nitrogen and oxygen atoms in total. The minimum atomic E-state index is -1.12. The molecule has 10 heteroatoms. The molecule has 1 N–H and O–H groups in total. The first-order valence-corrected chi connectivity index (χ1v) is 11.9. The van der Waals surface area contributed by atoms with Gasteiger partial charge in [-0.3, -0.25) is 9.59 Å². The van der Waals surface area contributed by atoms with Gasteiger partial charge in [0.2, 0.25) is 5.91 Å². The van der Waals surface area contributed by atoms with Crippen LogP contribution < -0.4 is 15.0 Å². The third kappa shape index (κ3) is 4.54. The Morgan fingerprint density at radius 3 is 2.39 bits per heavy atom. The average Bonchev–Trinajstić information content (AvgIpc) is 3.00. The smallest absolute Gasteiger partial charge is 0.251 e. The molecule has 3 aromatic rings. The second-order valence-electron chi connectivity index (χ2n) is 8.83. The highest BCUT2D eigenvalue weighted by atomic mass is 127. The maximum absolute atomic E-state index is 14.8. The van der Waals surface area contributed by atoms with Gasteiger partial charge >= 0.3 is 0 Å². The fraction of sp³-hybridized carbons (Fsp3) is 0.231. The fourth-order valence-electron chi connectivity index (χ4n) is 4.28. The number of halogens is 5. The number of methoxy groups -OCH3 is 1. The molecule has 36 heavy (non-hydrogen) atoms. The predicted octanol–water partition coefficient (Wildman–Crippen LogP) is 5.61. The van der Waals surface area contributed by atoms with E-state index in [0.29, 0.717) is 27.0 Å². The molecule has 1 aliphatic rings. The lowest BCUT2D eigenvalue weighted by atomic mass is 9.86. The molecule has 0 bridgehead atoms. The number of carbonyl (C=O) groups excluding carboxylic acids is 2. The summed E-state index contributed by atoms with van der Waals surface area (Å²) >= 11 is 2.02. The van der Waals surface area contributed by atoms with Crippen molar-refractivity contribution in [2.45, 2.75) is 32.4 Å². The van der Waals surface area contributed by atoms with Gasteiger partial charge in [0.15, 0.2) is 11.6 Å². The summed E-state index contributed by atoms with van der Waals surface area (Å²) < 4.78 is 61.6. The normalized spacial score (nSPS) is 14.1. The van der Waals surface area contributed by atoms with Crippen LogP contribution in [0.1, 0.15) is 40.9 Å². The van der Waals surface area contributed by atoms with Gasteiger partial charge in [-0.2, -0.15) is 0 Å². The van der Waals surface area contributed by atoms with Crippen molar-refractivity contribution in [3.8, 4) is 5.75 Å². The Kier molecular flexibility index (Phi) is 7.00.